The first-order chi connectivity index (χ1) is 11.6. The number of hydrogen-bond donors (Lipinski definition) is 1. The summed E-state index contributed by atoms with van der Waals surface area (Å²) in [6.07, 6.45) is 0.118. The fourth-order valence-corrected chi connectivity index (χ4v) is 2.31. The van der Waals surface area contributed by atoms with Crippen molar-refractivity contribution in [2.45, 2.75) is 19.9 Å². The maximum Gasteiger partial charge on any atom is 0.227 e. The van der Waals surface area contributed by atoms with Gasteiger partial charge in [-0.05, 0) is 36.8 Å². The molecule has 3 rings (SSSR count). The van der Waals surface area contributed by atoms with E-state index in [1.54, 1.807) is 12.1 Å². The lowest BCUT2D eigenvalue weighted by molar-refractivity contribution is -0.120. The Bertz CT molecular complexity index is 826. The SMILES string of the molecule is Cc1nc(-c2ccccc2)oc1CC(=O)NCc1ccc(F)cc1. The third-order valence-electron chi connectivity index (χ3n) is 3.64. The number of nitrogens with one attached hydrogen (secondary N) is 1. The van der Waals surface area contributed by atoms with Crippen molar-refractivity contribution in [3.8, 4) is 11.5 Å². The van der Waals surface area contributed by atoms with E-state index in [0.717, 1.165) is 11.1 Å². The summed E-state index contributed by atoms with van der Waals surface area (Å²) in [7, 11) is 0. The van der Waals surface area contributed by atoms with Gasteiger partial charge in [0.2, 0.25) is 11.8 Å². The molecule has 0 aliphatic rings. The number of benzene rings is 2. The number of rotatable bonds is 5. The van der Waals surface area contributed by atoms with Crippen molar-refractivity contribution in [1.82, 2.24) is 10.3 Å². The number of carbonyl (C=O) groups excluding carboxylic acids is 1. The first-order valence-corrected chi connectivity index (χ1v) is 7.64. The molecule has 2 aromatic carbocycles. The summed E-state index contributed by atoms with van der Waals surface area (Å²) in [4.78, 5) is 16.5. The van der Waals surface area contributed by atoms with E-state index >= 15 is 0 Å². The van der Waals surface area contributed by atoms with Crippen LogP contribution < -0.4 is 5.32 Å². The standard InChI is InChI=1S/C19H17FN2O2/c1-13-17(24-19(22-13)15-5-3-2-4-6-15)11-18(23)21-12-14-7-9-16(20)10-8-14/h2-10H,11-12H2,1H3,(H,21,23). The zero-order valence-electron chi connectivity index (χ0n) is 13.3. The molecule has 1 heterocycles. The Morgan fingerprint density at radius 2 is 1.83 bits per heavy atom. The highest BCUT2D eigenvalue weighted by Crippen LogP contribution is 2.21. The van der Waals surface area contributed by atoms with Crippen LogP contribution in [-0.4, -0.2) is 10.9 Å². The van der Waals surface area contributed by atoms with E-state index in [1.165, 1.54) is 12.1 Å². The zero-order valence-corrected chi connectivity index (χ0v) is 13.3. The van der Waals surface area contributed by atoms with E-state index in [2.05, 4.69) is 10.3 Å². The fourth-order valence-electron chi connectivity index (χ4n) is 2.31. The molecule has 1 amide bonds. The summed E-state index contributed by atoms with van der Waals surface area (Å²) in [5, 5.41) is 2.79. The van der Waals surface area contributed by atoms with E-state index in [9.17, 15) is 9.18 Å². The van der Waals surface area contributed by atoms with Gasteiger partial charge < -0.3 is 9.73 Å². The maximum absolute atomic E-state index is 12.9. The summed E-state index contributed by atoms with van der Waals surface area (Å²) in [6.45, 7) is 2.16. The van der Waals surface area contributed by atoms with Gasteiger partial charge in [-0.3, -0.25) is 4.79 Å². The highest BCUT2D eigenvalue weighted by Gasteiger charge is 2.14. The highest BCUT2D eigenvalue weighted by molar-refractivity contribution is 5.78. The first-order valence-electron chi connectivity index (χ1n) is 7.64. The molecule has 1 N–H and O–H groups in total. The second-order valence-corrected chi connectivity index (χ2v) is 5.47. The van der Waals surface area contributed by atoms with Crippen molar-refractivity contribution < 1.29 is 13.6 Å². The van der Waals surface area contributed by atoms with Crippen LogP contribution in [0.3, 0.4) is 0 Å². The molecule has 4 nitrogen and oxygen atoms in total. The average molecular weight is 324 g/mol. The van der Waals surface area contributed by atoms with Gasteiger partial charge in [-0.25, -0.2) is 9.37 Å². The number of aryl methyl sites for hydroxylation is 1. The molecule has 0 fully saturated rings. The molecule has 5 heteroatoms. The molecule has 0 radical (unpaired) electrons. The molecule has 0 unspecified atom stereocenters. The molecule has 0 aliphatic carbocycles. The van der Waals surface area contributed by atoms with Gasteiger partial charge in [0.15, 0.2) is 0 Å². The van der Waals surface area contributed by atoms with E-state index in [1.807, 2.05) is 37.3 Å². The van der Waals surface area contributed by atoms with E-state index in [0.29, 0.717) is 23.9 Å². The number of aromatic nitrogens is 1. The van der Waals surface area contributed by atoms with Crippen molar-refractivity contribution in [2.75, 3.05) is 0 Å². The third-order valence-corrected chi connectivity index (χ3v) is 3.64. The molecule has 24 heavy (non-hydrogen) atoms. The topological polar surface area (TPSA) is 55.1 Å². The number of amides is 1. The highest BCUT2D eigenvalue weighted by atomic mass is 19.1. The smallest absolute Gasteiger partial charge is 0.227 e. The Hall–Kier alpha value is -2.95. The average Bonchev–Trinajstić information content (AvgIpc) is 2.96. The second kappa shape index (κ2) is 7.08. The summed E-state index contributed by atoms with van der Waals surface area (Å²) < 4.78 is 18.6. The minimum atomic E-state index is -0.296. The molecule has 0 bridgehead atoms. The summed E-state index contributed by atoms with van der Waals surface area (Å²) in [5.41, 5.74) is 2.41. The van der Waals surface area contributed by atoms with Crippen LogP contribution >= 0.6 is 0 Å². The number of halogens is 1. The van der Waals surface area contributed by atoms with Crippen LogP contribution in [0.1, 0.15) is 17.0 Å². The van der Waals surface area contributed by atoms with E-state index in [4.69, 9.17) is 4.42 Å². The van der Waals surface area contributed by atoms with Crippen molar-refractivity contribution in [3.63, 3.8) is 0 Å². The molecule has 0 atom stereocenters. The molecular formula is C19H17FN2O2. The van der Waals surface area contributed by atoms with Crippen LogP contribution in [0, 0.1) is 12.7 Å². The molecule has 0 spiro atoms. The molecule has 3 aromatic rings. The van der Waals surface area contributed by atoms with Crippen LogP contribution in [0.4, 0.5) is 4.39 Å². The van der Waals surface area contributed by atoms with Gasteiger partial charge in [0, 0.05) is 12.1 Å². The van der Waals surface area contributed by atoms with Gasteiger partial charge in [0.05, 0.1) is 12.1 Å². The second-order valence-electron chi connectivity index (χ2n) is 5.47. The van der Waals surface area contributed by atoms with Gasteiger partial charge in [0.1, 0.15) is 11.6 Å². The van der Waals surface area contributed by atoms with Crippen molar-refractivity contribution >= 4 is 5.91 Å². The number of nitrogens with zero attached hydrogens (tertiary/aromatic N) is 1. The van der Waals surface area contributed by atoms with Crippen LogP contribution in [0.25, 0.3) is 11.5 Å². The lowest BCUT2D eigenvalue weighted by Crippen LogP contribution is -2.24. The van der Waals surface area contributed by atoms with E-state index in [-0.39, 0.29) is 18.1 Å². The molecular weight excluding hydrogens is 307 g/mol. The monoisotopic (exact) mass is 324 g/mol. The quantitative estimate of drug-likeness (QED) is 0.779. The summed E-state index contributed by atoms with van der Waals surface area (Å²) in [5.74, 6) is 0.592. The Balaban J connectivity index is 1.62. The number of hydrogen-bond acceptors (Lipinski definition) is 3. The largest absolute Gasteiger partial charge is 0.440 e. The normalized spacial score (nSPS) is 10.6. The zero-order chi connectivity index (χ0) is 16.9. The van der Waals surface area contributed by atoms with Crippen LogP contribution in [0.15, 0.2) is 59.0 Å². The molecule has 0 saturated carbocycles. The van der Waals surface area contributed by atoms with Crippen LogP contribution in [-0.2, 0) is 17.8 Å². The lowest BCUT2D eigenvalue weighted by Gasteiger charge is -2.04. The lowest BCUT2D eigenvalue weighted by atomic mass is 10.2. The van der Waals surface area contributed by atoms with Crippen molar-refractivity contribution in [1.29, 1.82) is 0 Å². The Morgan fingerprint density at radius 1 is 1.12 bits per heavy atom. The van der Waals surface area contributed by atoms with Crippen molar-refractivity contribution in [2.24, 2.45) is 0 Å². The number of oxazole rings is 1. The van der Waals surface area contributed by atoms with Gasteiger partial charge in [-0.15, -0.1) is 0 Å². The van der Waals surface area contributed by atoms with Crippen molar-refractivity contribution in [3.05, 3.63) is 77.4 Å². The van der Waals surface area contributed by atoms with Crippen LogP contribution in [0.5, 0.6) is 0 Å². The summed E-state index contributed by atoms with van der Waals surface area (Å²) in [6, 6.07) is 15.6. The maximum atomic E-state index is 12.9. The van der Waals surface area contributed by atoms with Gasteiger partial charge >= 0.3 is 0 Å². The molecule has 0 aliphatic heterocycles. The Labute approximate surface area is 139 Å². The minimum Gasteiger partial charge on any atom is -0.440 e. The molecule has 122 valence electrons. The molecule has 0 saturated heterocycles. The molecule has 1 aromatic heterocycles. The van der Waals surface area contributed by atoms with Gasteiger partial charge in [-0.2, -0.15) is 0 Å². The first kappa shape index (κ1) is 15.9. The minimum absolute atomic E-state index is 0.118. The van der Waals surface area contributed by atoms with E-state index < -0.39 is 0 Å². The van der Waals surface area contributed by atoms with Crippen LogP contribution in [0.2, 0.25) is 0 Å². The summed E-state index contributed by atoms with van der Waals surface area (Å²) >= 11 is 0. The predicted molar refractivity (Wildman–Crippen MR) is 88.6 cm³/mol. The fraction of sp³-hybridized carbons (Fsp3) is 0.158. The van der Waals surface area contributed by atoms with Gasteiger partial charge in [-0.1, -0.05) is 30.3 Å². The van der Waals surface area contributed by atoms with Gasteiger partial charge in [0.25, 0.3) is 0 Å². The number of carbonyl (C=O) groups is 1. The third kappa shape index (κ3) is 3.87. The Morgan fingerprint density at radius 3 is 2.54 bits per heavy atom. The Kier molecular flexibility index (Phi) is 4.70. The predicted octanol–water partition coefficient (Wildman–Crippen LogP) is 3.65.